The number of nitrogens with one attached hydrogen (secondary N) is 2. The van der Waals surface area contributed by atoms with Crippen LogP contribution in [0.25, 0.3) is 0 Å². The van der Waals surface area contributed by atoms with Crippen LogP contribution in [0.1, 0.15) is 43.1 Å². The van der Waals surface area contributed by atoms with Gasteiger partial charge in [0.15, 0.2) is 0 Å². The van der Waals surface area contributed by atoms with Crippen molar-refractivity contribution in [3.8, 4) is 0 Å². The number of aromatic nitrogens is 3. The molecule has 0 atom stereocenters. The first-order chi connectivity index (χ1) is 8.45. The first-order valence-electron chi connectivity index (χ1n) is 5.90. The number of hydrogen-bond donors (Lipinski definition) is 2. The van der Waals surface area contributed by atoms with Crippen LogP contribution >= 0.6 is 0 Å². The van der Waals surface area contributed by atoms with Crippen LogP contribution in [-0.4, -0.2) is 52.0 Å². The summed E-state index contributed by atoms with van der Waals surface area (Å²) >= 11 is 0. The SMILES string of the molecule is CCNC(=O)CN(C)C(=O)c1n[nH]c(C(C)C)n1. The Labute approximate surface area is 106 Å². The van der Waals surface area contributed by atoms with Crippen molar-refractivity contribution < 1.29 is 9.59 Å². The molecule has 1 heterocycles. The molecule has 2 N–H and O–H groups in total. The molecule has 0 aromatic carbocycles. The van der Waals surface area contributed by atoms with Crippen LogP contribution in [0, 0.1) is 0 Å². The minimum absolute atomic E-state index is 0.00176. The van der Waals surface area contributed by atoms with Gasteiger partial charge in [0, 0.05) is 19.5 Å². The summed E-state index contributed by atoms with van der Waals surface area (Å²) in [5, 5.41) is 9.19. The lowest BCUT2D eigenvalue weighted by Gasteiger charge is -2.14. The second-order valence-electron chi connectivity index (χ2n) is 4.31. The second kappa shape index (κ2) is 6.13. The molecule has 0 bridgehead atoms. The molecule has 7 heteroatoms. The second-order valence-corrected chi connectivity index (χ2v) is 4.31. The molecule has 1 aromatic rings. The smallest absolute Gasteiger partial charge is 0.293 e. The number of amides is 2. The Morgan fingerprint density at radius 1 is 1.44 bits per heavy atom. The highest BCUT2D eigenvalue weighted by atomic mass is 16.2. The third kappa shape index (κ3) is 3.54. The third-order valence-electron chi connectivity index (χ3n) is 2.34. The van der Waals surface area contributed by atoms with Gasteiger partial charge >= 0.3 is 0 Å². The lowest BCUT2D eigenvalue weighted by molar-refractivity contribution is -0.121. The van der Waals surface area contributed by atoms with Crippen LogP contribution in [0.5, 0.6) is 0 Å². The molecule has 0 aliphatic rings. The molecular formula is C11H19N5O2. The molecule has 0 unspecified atom stereocenters. The number of rotatable bonds is 5. The number of likely N-dealkylation sites (N-methyl/N-ethyl adjacent to an activating group) is 2. The lowest BCUT2D eigenvalue weighted by Crippen LogP contribution is -2.38. The molecule has 0 spiro atoms. The van der Waals surface area contributed by atoms with Gasteiger partial charge in [-0.2, -0.15) is 0 Å². The highest BCUT2D eigenvalue weighted by molar-refractivity contribution is 5.93. The van der Waals surface area contributed by atoms with E-state index in [1.54, 1.807) is 7.05 Å². The molecule has 0 aliphatic heterocycles. The van der Waals surface area contributed by atoms with Gasteiger partial charge in [-0.15, -0.1) is 5.10 Å². The quantitative estimate of drug-likeness (QED) is 0.780. The Morgan fingerprint density at radius 2 is 2.11 bits per heavy atom. The van der Waals surface area contributed by atoms with E-state index in [2.05, 4.69) is 20.5 Å². The molecule has 0 saturated heterocycles. The first kappa shape index (κ1) is 14.1. The van der Waals surface area contributed by atoms with Crippen LogP contribution in [0.15, 0.2) is 0 Å². The van der Waals surface area contributed by atoms with Crippen molar-refractivity contribution in [2.45, 2.75) is 26.7 Å². The van der Waals surface area contributed by atoms with E-state index >= 15 is 0 Å². The fourth-order valence-electron chi connectivity index (χ4n) is 1.34. The fourth-order valence-corrected chi connectivity index (χ4v) is 1.34. The number of H-pyrrole nitrogens is 1. The zero-order valence-electron chi connectivity index (χ0n) is 11.1. The van der Waals surface area contributed by atoms with E-state index < -0.39 is 0 Å². The molecular weight excluding hydrogens is 234 g/mol. The van der Waals surface area contributed by atoms with Crippen molar-refractivity contribution in [1.82, 2.24) is 25.4 Å². The number of hydrogen-bond acceptors (Lipinski definition) is 4. The molecule has 100 valence electrons. The minimum Gasteiger partial charge on any atom is -0.355 e. The van der Waals surface area contributed by atoms with Crippen LogP contribution < -0.4 is 5.32 Å². The van der Waals surface area contributed by atoms with Gasteiger partial charge in [0.1, 0.15) is 5.82 Å². The number of aromatic amines is 1. The average molecular weight is 253 g/mol. The minimum atomic E-state index is -0.371. The maximum absolute atomic E-state index is 11.9. The van der Waals surface area contributed by atoms with Crippen molar-refractivity contribution in [2.75, 3.05) is 20.1 Å². The van der Waals surface area contributed by atoms with E-state index in [-0.39, 0.29) is 30.1 Å². The van der Waals surface area contributed by atoms with Crippen LogP contribution in [0.4, 0.5) is 0 Å². The van der Waals surface area contributed by atoms with Crippen molar-refractivity contribution in [3.63, 3.8) is 0 Å². The fraction of sp³-hybridized carbons (Fsp3) is 0.636. The maximum atomic E-state index is 11.9. The molecule has 0 aliphatic carbocycles. The zero-order chi connectivity index (χ0) is 13.7. The molecule has 1 aromatic heterocycles. The largest absolute Gasteiger partial charge is 0.355 e. The topological polar surface area (TPSA) is 91.0 Å². The standard InChI is InChI=1S/C11H19N5O2/c1-5-12-8(17)6-16(4)11(18)10-13-9(7(2)3)14-15-10/h7H,5-6H2,1-4H3,(H,12,17)(H,13,14,15). The predicted octanol–water partition coefficient (Wildman–Crippen LogP) is 0.136. The number of carbonyl (C=O) groups excluding carboxylic acids is 2. The van der Waals surface area contributed by atoms with E-state index in [0.29, 0.717) is 12.4 Å². The summed E-state index contributed by atoms with van der Waals surface area (Å²) < 4.78 is 0. The van der Waals surface area contributed by atoms with E-state index in [9.17, 15) is 9.59 Å². The molecule has 0 fully saturated rings. The molecule has 18 heavy (non-hydrogen) atoms. The van der Waals surface area contributed by atoms with Gasteiger partial charge in [0.05, 0.1) is 6.54 Å². The van der Waals surface area contributed by atoms with Crippen LogP contribution in [-0.2, 0) is 4.79 Å². The number of nitrogens with zero attached hydrogens (tertiary/aromatic N) is 3. The Balaban J connectivity index is 2.65. The van der Waals surface area contributed by atoms with Gasteiger partial charge in [0.25, 0.3) is 5.91 Å². The molecule has 7 nitrogen and oxygen atoms in total. The number of carbonyl (C=O) groups is 2. The summed E-state index contributed by atoms with van der Waals surface area (Å²) in [7, 11) is 1.54. The van der Waals surface area contributed by atoms with E-state index in [1.165, 1.54) is 4.90 Å². The van der Waals surface area contributed by atoms with Crippen LogP contribution in [0.3, 0.4) is 0 Å². The van der Waals surface area contributed by atoms with E-state index in [1.807, 2.05) is 20.8 Å². The van der Waals surface area contributed by atoms with E-state index in [4.69, 9.17) is 0 Å². The van der Waals surface area contributed by atoms with Gasteiger partial charge in [-0.3, -0.25) is 14.7 Å². The van der Waals surface area contributed by atoms with Gasteiger partial charge in [-0.05, 0) is 6.92 Å². The Hall–Kier alpha value is -1.92. The molecule has 2 amide bonds. The van der Waals surface area contributed by atoms with Crippen molar-refractivity contribution in [2.24, 2.45) is 0 Å². The summed E-state index contributed by atoms with van der Waals surface area (Å²) in [4.78, 5) is 28.7. The predicted molar refractivity (Wildman–Crippen MR) is 66.1 cm³/mol. The summed E-state index contributed by atoms with van der Waals surface area (Å²) in [6, 6.07) is 0. The highest BCUT2D eigenvalue weighted by Gasteiger charge is 2.19. The van der Waals surface area contributed by atoms with Gasteiger partial charge in [-0.1, -0.05) is 13.8 Å². The molecule has 0 saturated carbocycles. The van der Waals surface area contributed by atoms with Crippen molar-refractivity contribution >= 4 is 11.8 Å². The average Bonchev–Trinajstić information content (AvgIpc) is 2.77. The van der Waals surface area contributed by atoms with E-state index in [0.717, 1.165) is 0 Å². The maximum Gasteiger partial charge on any atom is 0.293 e. The van der Waals surface area contributed by atoms with Crippen molar-refractivity contribution in [3.05, 3.63) is 11.6 Å². The highest BCUT2D eigenvalue weighted by Crippen LogP contribution is 2.08. The van der Waals surface area contributed by atoms with Gasteiger partial charge in [-0.25, -0.2) is 4.98 Å². The Kier molecular flexibility index (Phi) is 4.82. The van der Waals surface area contributed by atoms with Gasteiger partial charge < -0.3 is 10.2 Å². The van der Waals surface area contributed by atoms with Crippen LogP contribution in [0.2, 0.25) is 0 Å². The summed E-state index contributed by atoms with van der Waals surface area (Å²) in [6.45, 7) is 6.27. The summed E-state index contributed by atoms with van der Waals surface area (Å²) in [6.07, 6.45) is 0. The monoisotopic (exact) mass is 253 g/mol. The molecule has 1 rings (SSSR count). The lowest BCUT2D eigenvalue weighted by atomic mass is 10.2. The van der Waals surface area contributed by atoms with Gasteiger partial charge in [0.2, 0.25) is 11.7 Å². The Morgan fingerprint density at radius 3 is 2.61 bits per heavy atom. The summed E-state index contributed by atoms with van der Waals surface area (Å²) in [5.74, 6) is 0.348. The Bertz CT molecular complexity index is 427. The summed E-state index contributed by atoms with van der Waals surface area (Å²) in [5.41, 5.74) is 0. The zero-order valence-corrected chi connectivity index (χ0v) is 11.1. The van der Waals surface area contributed by atoms with Crippen molar-refractivity contribution in [1.29, 1.82) is 0 Å². The molecule has 0 radical (unpaired) electrons. The first-order valence-corrected chi connectivity index (χ1v) is 5.90. The third-order valence-corrected chi connectivity index (χ3v) is 2.34. The normalized spacial score (nSPS) is 10.5.